The van der Waals surface area contributed by atoms with Crippen molar-refractivity contribution in [3.8, 4) is 0 Å². The van der Waals surface area contributed by atoms with Crippen LogP contribution in [0.1, 0.15) is 11.1 Å². The molecule has 2 aliphatic heterocycles. The minimum Gasteiger partial charge on any atom is -0.423 e. The van der Waals surface area contributed by atoms with Gasteiger partial charge in [0.2, 0.25) is 0 Å². The van der Waals surface area contributed by atoms with Gasteiger partial charge in [-0.1, -0.05) is 53.5 Å². The number of aliphatic imine (C=N–C) groups is 1. The highest BCUT2D eigenvalue weighted by Crippen LogP contribution is 2.32. The van der Waals surface area contributed by atoms with E-state index in [-0.39, 0.29) is 5.91 Å². The number of hydrogen-bond acceptors (Lipinski definition) is 6. The Morgan fingerprint density at radius 3 is 2.52 bits per heavy atom. The highest BCUT2D eigenvalue weighted by Gasteiger charge is 2.29. The third kappa shape index (κ3) is 5.34. The van der Waals surface area contributed by atoms with Gasteiger partial charge in [0.25, 0.3) is 5.91 Å². The van der Waals surface area contributed by atoms with E-state index < -0.39 is 7.12 Å². The van der Waals surface area contributed by atoms with Crippen molar-refractivity contribution >= 4 is 64.7 Å². The Balaban J connectivity index is 1.36. The fourth-order valence-corrected chi connectivity index (χ4v) is 4.83. The van der Waals surface area contributed by atoms with Crippen LogP contribution in [0.5, 0.6) is 0 Å². The third-order valence-electron chi connectivity index (χ3n) is 5.22. The van der Waals surface area contributed by atoms with Crippen LogP contribution in [0.2, 0.25) is 10.0 Å². The van der Waals surface area contributed by atoms with Gasteiger partial charge in [0.15, 0.2) is 5.17 Å². The zero-order valence-corrected chi connectivity index (χ0v) is 18.9. The van der Waals surface area contributed by atoms with E-state index in [9.17, 15) is 14.8 Å². The number of hydrogen-bond donors (Lipinski definition) is 2. The first-order valence-corrected chi connectivity index (χ1v) is 11.4. The molecule has 10 heteroatoms. The van der Waals surface area contributed by atoms with Crippen molar-refractivity contribution in [1.29, 1.82) is 0 Å². The number of nitrogens with zero attached hydrogens (tertiary/aromatic N) is 3. The molecule has 0 bridgehead atoms. The van der Waals surface area contributed by atoms with Crippen molar-refractivity contribution in [3.05, 3.63) is 68.5 Å². The quantitative estimate of drug-likeness (QED) is 0.522. The molecule has 1 fully saturated rings. The maximum atomic E-state index is 12.4. The number of thioether (sulfide) groups is 1. The average Bonchev–Trinajstić information content (AvgIpc) is 3.12. The van der Waals surface area contributed by atoms with Crippen molar-refractivity contribution in [2.75, 3.05) is 26.2 Å². The summed E-state index contributed by atoms with van der Waals surface area (Å²) < 4.78 is 0. The van der Waals surface area contributed by atoms with E-state index >= 15 is 0 Å². The summed E-state index contributed by atoms with van der Waals surface area (Å²) in [4.78, 5) is 21.5. The van der Waals surface area contributed by atoms with Crippen LogP contribution in [0, 0.1) is 0 Å². The molecule has 6 nitrogen and oxygen atoms in total. The molecule has 0 aliphatic carbocycles. The molecule has 160 valence electrons. The highest BCUT2D eigenvalue weighted by atomic mass is 35.5. The minimum absolute atomic E-state index is 0.251. The summed E-state index contributed by atoms with van der Waals surface area (Å²) in [5, 5.41) is 20.8. The number of amides is 1. The molecule has 0 saturated carbocycles. The van der Waals surface area contributed by atoms with Gasteiger partial charge < -0.3 is 14.9 Å². The van der Waals surface area contributed by atoms with Gasteiger partial charge in [0.1, 0.15) is 0 Å². The molecular weight excluding hydrogens is 456 g/mol. The van der Waals surface area contributed by atoms with E-state index in [0.717, 1.165) is 37.3 Å². The normalized spacial score (nSPS) is 18.6. The van der Waals surface area contributed by atoms with Crippen LogP contribution in [0.4, 0.5) is 0 Å². The zero-order chi connectivity index (χ0) is 22.0. The van der Waals surface area contributed by atoms with Crippen LogP contribution >= 0.6 is 35.0 Å². The van der Waals surface area contributed by atoms with E-state index in [1.54, 1.807) is 30.3 Å². The predicted octanol–water partition coefficient (Wildman–Crippen LogP) is 2.46. The molecule has 0 spiro atoms. The Morgan fingerprint density at radius 1 is 1.06 bits per heavy atom. The highest BCUT2D eigenvalue weighted by molar-refractivity contribution is 8.18. The average molecular weight is 476 g/mol. The lowest BCUT2D eigenvalue weighted by Gasteiger charge is -2.35. The maximum absolute atomic E-state index is 12.4. The van der Waals surface area contributed by atoms with E-state index in [1.807, 2.05) is 18.2 Å². The van der Waals surface area contributed by atoms with Crippen molar-refractivity contribution < 1.29 is 14.8 Å². The van der Waals surface area contributed by atoms with Crippen LogP contribution in [0.3, 0.4) is 0 Å². The first kappa shape index (κ1) is 22.4. The Morgan fingerprint density at radius 2 is 1.81 bits per heavy atom. The van der Waals surface area contributed by atoms with Crippen LogP contribution < -0.4 is 5.46 Å². The molecule has 2 aromatic rings. The van der Waals surface area contributed by atoms with Crippen molar-refractivity contribution in [2.24, 2.45) is 4.99 Å². The number of rotatable bonds is 4. The molecule has 2 aromatic carbocycles. The van der Waals surface area contributed by atoms with Gasteiger partial charge in [-0.2, -0.15) is 4.99 Å². The first-order valence-electron chi connectivity index (χ1n) is 9.79. The van der Waals surface area contributed by atoms with E-state index in [4.69, 9.17) is 23.2 Å². The molecule has 0 aromatic heterocycles. The molecule has 4 rings (SSSR count). The lowest BCUT2D eigenvalue weighted by molar-refractivity contribution is -0.113. The molecule has 0 radical (unpaired) electrons. The summed E-state index contributed by atoms with van der Waals surface area (Å²) in [6.07, 6.45) is 1.78. The van der Waals surface area contributed by atoms with Crippen LogP contribution in [0.25, 0.3) is 6.08 Å². The minimum atomic E-state index is -1.48. The lowest BCUT2D eigenvalue weighted by Crippen LogP contribution is -2.48. The summed E-state index contributed by atoms with van der Waals surface area (Å²) in [7, 11) is -1.48. The lowest BCUT2D eigenvalue weighted by atomic mass is 9.77. The van der Waals surface area contributed by atoms with Crippen LogP contribution in [-0.4, -0.2) is 64.2 Å². The monoisotopic (exact) mass is 475 g/mol. The number of benzene rings is 2. The van der Waals surface area contributed by atoms with Gasteiger partial charge in [-0.15, -0.1) is 0 Å². The van der Waals surface area contributed by atoms with Crippen LogP contribution in [0.15, 0.2) is 52.4 Å². The molecular formula is C21H20BCl2N3O3S. The van der Waals surface area contributed by atoms with Gasteiger partial charge >= 0.3 is 7.12 Å². The van der Waals surface area contributed by atoms with Crippen molar-refractivity contribution in [1.82, 2.24) is 9.80 Å². The fourth-order valence-electron chi connectivity index (χ4n) is 3.56. The Hall–Kier alpha value is -1.81. The van der Waals surface area contributed by atoms with E-state index in [2.05, 4.69) is 14.8 Å². The molecule has 0 atom stereocenters. The summed E-state index contributed by atoms with van der Waals surface area (Å²) in [6, 6.07) is 12.6. The standard InChI is InChI=1S/C21H20BCl2N3O3S/c23-17-6-5-14(11-18(17)24)12-19-20(28)25-21(31-19)27-9-7-26(8-10-27)13-15-3-1-2-4-16(15)22(29)30/h1-6,11-12,29-30H,7-10,13H2/b19-12-. The van der Waals surface area contributed by atoms with E-state index in [0.29, 0.717) is 32.1 Å². The molecule has 31 heavy (non-hydrogen) atoms. The summed E-state index contributed by atoms with van der Waals surface area (Å²) in [6.45, 7) is 3.69. The number of carbonyl (C=O) groups excluding carboxylic acids is 1. The SMILES string of the molecule is O=C1N=C(N2CCN(Cc3ccccc3B(O)O)CC2)S/C1=C\c1ccc(Cl)c(Cl)c1. The molecule has 1 saturated heterocycles. The number of halogens is 2. The topological polar surface area (TPSA) is 76.4 Å². The molecule has 2 N–H and O–H groups in total. The Kier molecular flexibility index (Phi) is 7.06. The largest absolute Gasteiger partial charge is 0.488 e. The summed E-state index contributed by atoms with van der Waals surface area (Å²) in [5.41, 5.74) is 2.24. The molecule has 1 amide bonds. The van der Waals surface area contributed by atoms with Gasteiger partial charge in [0, 0.05) is 32.7 Å². The fraction of sp³-hybridized carbons (Fsp3) is 0.238. The number of amidine groups is 1. The van der Waals surface area contributed by atoms with Gasteiger partial charge in [-0.05, 0) is 46.6 Å². The van der Waals surface area contributed by atoms with Gasteiger partial charge in [-0.25, -0.2) is 0 Å². The van der Waals surface area contributed by atoms with Gasteiger partial charge in [0.05, 0.1) is 15.0 Å². The second-order valence-corrected chi connectivity index (χ2v) is 9.14. The van der Waals surface area contributed by atoms with Crippen molar-refractivity contribution in [3.63, 3.8) is 0 Å². The molecule has 2 heterocycles. The maximum Gasteiger partial charge on any atom is 0.488 e. The van der Waals surface area contributed by atoms with Gasteiger partial charge in [-0.3, -0.25) is 9.69 Å². The van der Waals surface area contributed by atoms with Crippen LogP contribution in [-0.2, 0) is 11.3 Å². The second kappa shape index (κ2) is 9.77. The molecule has 2 aliphatic rings. The number of carbonyl (C=O) groups is 1. The first-order chi connectivity index (χ1) is 14.9. The second-order valence-electron chi connectivity index (χ2n) is 7.32. The zero-order valence-electron chi connectivity index (χ0n) is 16.5. The number of piperazine rings is 1. The summed E-state index contributed by atoms with van der Waals surface area (Å²) >= 11 is 13.4. The Bertz CT molecular complexity index is 1060. The third-order valence-corrected chi connectivity index (χ3v) is 7.00. The smallest absolute Gasteiger partial charge is 0.423 e. The predicted molar refractivity (Wildman–Crippen MR) is 128 cm³/mol. The molecule has 0 unspecified atom stereocenters. The van der Waals surface area contributed by atoms with Crippen molar-refractivity contribution in [2.45, 2.75) is 6.54 Å². The summed E-state index contributed by atoms with van der Waals surface area (Å²) in [5.74, 6) is -0.251. The van der Waals surface area contributed by atoms with E-state index in [1.165, 1.54) is 11.8 Å². The Labute approximate surface area is 195 Å².